The molecule has 1 amide bonds. The summed E-state index contributed by atoms with van der Waals surface area (Å²) in [6.07, 6.45) is 0. The number of hydrogen-bond donors (Lipinski definition) is 1. The molecule has 0 aliphatic carbocycles. The Balaban J connectivity index is 2.11. The molecule has 5 heteroatoms. The zero-order valence-electron chi connectivity index (χ0n) is 14.4. The van der Waals surface area contributed by atoms with Crippen LogP contribution in [0.4, 0.5) is 5.82 Å². The normalized spacial score (nSPS) is 14.0. The van der Waals surface area contributed by atoms with Gasteiger partial charge in [-0.15, -0.1) is 0 Å². The van der Waals surface area contributed by atoms with Gasteiger partial charge in [0.25, 0.3) is 0 Å². The topological polar surface area (TPSA) is 46.9 Å². The summed E-state index contributed by atoms with van der Waals surface area (Å²) in [5.41, 5.74) is 5.26. The highest BCUT2D eigenvalue weighted by molar-refractivity contribution is 7.98. The molecule has 1 aliphatic rings. The van der Waals surface area contributed by atoms with E-state index in [1.165, 1.54) is 11.1 Å². The Labute approximate surface area is 141 Å². The fraction of sp³-hybridized carbons (Fsp3) is 0.444. The summed E-state index contributed by atoms with van der Waals surface area (Å²) in [4.78, 5) is 12.5. The second-order valence-corrected chi connectivity index (χ2v) is 8.09. The first-order valence-corrected chi connectivity index (χ1v) is 9.01. The summed E-state index contributed by atoms with van der Waals surface area (Å²) in [7, 11) is 0. The molecule has 2 aromatic rings. The molecule has 2 heterocycles. The first-order chi connectivity index (χ1) is 10.8. The third-order valence-electron chi connectivity index (χ3n) is 4.27. The summed E-state index contributed by atoms with van der Waals surface area (Å²) >= 11 is 1.84. The van der Waals surface area contributed by atoms with Gasteiger partial charge in [0, 0.05) is 22.5 Å². The molecule has 0 radical (unpaired) electrons. The van der Waals surface area contributed by atoms with Gasteiger partial charge >= 0.3 is 0 Å². The van der Waals surface area contributed by atoms with Gasteiger partial charge in [-0.3, -0.25) is 4.79 Å². The quantitative estimate of drug-likeness (QED) is 0.897. The predicted molar refractivity (Wildman–Crippen MR) is 96.1 cm³/mol. The van der Waals surface area contributed by atoms with Crippen molar-refractivity contribution in [3.8, 4) is 5.69 Å². The van der Waals surface area contributed by atoms with Gasteiger partial charge < -0.3 is 5.32 Å². The smallest absolute Gasteiger partial charge is 0.230 e. The number of nitrogens with zero attached hydrogens (tertiary/aromatic N) is 2. The monoisotopic (exact) mass is 329 g/mol. The van der Waals surface area contributed by atoms with E-state index in [4.69, 9.17) is 5.10 Å². The van der Waals surface area contributed by atoms with Crippen LogP contribution in [-0.2, 0) is 16.3 Å². The minimum absolute atomic E-state index is 0.0173. The van der Waals surface area contributed by atoms with Crippen LogP contribution in [0.1, 0.15) is 43.2 Å². The van der Waals surface area contributed by atoms with Gasteiger partial charge in [-0.2, -0.15) is 16.9 Å². The molecule has 23 heavy (non-hydrogen) atoms. The molecule has 4 nitrogen and oxygen atoms in total. The van der Waals surface area contributed by atoms with Crippen LogP contribution in [0.5, 0.6) is 0 Å². The van der Waals surface area contributed by atoms with Crippen molar-refractivity contribution in [3.63, 3.8) is 0 Å². The van der Waals surface area contributed by atoms with Crippen LogP contribution in [-0.4, -0.2) is 15.7 Å². The van der Waals surface area contributed by atoms with E-state index in [-0.39, 0.29) is 5.91 Å². The van der Waals surface area contributed by atoms with Crippen molar-refractivity contribution in [2.24, 2.45) is 5.41 Å². The zero-order valence-corrected chi connectivity index (χ0v) is 15.2. The number of hydrogen-bond acceptors (Lipinski definition) is 3. The molecule has 0 saturated carbocycles. The molecule has 1 aliphatic heterocycles. The number of rotatable bonds is 2. The van der Waals surface area contributed by atoms with Crippen LogP contribution in [0.2, 0.25) is 0 Å². The van der Waals surface area contributed by atoms with Crippen molar-refractivity contribution >= 4 is 23.5 Å². The lowest BCUT2D eigenvalue weighted by atomic mass is 9.95. The summed E-state index contributed by atoms with van der Waals surface area (Å²) < 4.78 is 1.91. The molecule has 0 fully saturated rings. The highest BCUT2D eigenvalue weighted by Crippen LogP contribution is 2.37. The van der Waals surface area contributed by atoms with Crippen LogP contribution in [0.3, 0.4) is 0 Å². The largest absolute Gasteiger partial charge is 0.310 e. The Morgan fingerprint density at radius 3 is 2.70 bits per heavy atom. The van der Waals surface area contributed by atoms with Crippen molar-refractivity contribution in [3.05, 3.63) is 40.6 Å². The van der Waals surface area contributed by atoms with Gasteiger partial charge in [0.15, 0.2) is 0 Å². The Bertz CT molecular complexity index is 771. The average Bonchev–Trinajstić information content (AvgIpc) is 3.03. The van der Waals surface area contributed by atoms with E-state index in [1.54, 1.807) is 0 Å². The van der Waals surface area contributed by atoms with E-state index in [1.807, 2.05) is 43.3 Å². The molecular weight excluding hydrogens is 306 g/mol. The van der Waals surface area contributed by atoms with Gasteiger partial charge in [0.2, 0.25) is 5.91 Å². The minimum Gasteiger partial charge on any atom is -0.310 e. The van der Waals surface area contributed by atoms with Crippen molar-refractivity contribution in [2.75, 3.05) is 5.32 Å². The second kappa shape index (κ2) is 5.71. The maximum Gasteiger partial charge on any atom is 0.230 e. The minimum atomic E-state index is -0.435. The first kappa shape index (κ1) is 16.1. The van der Waals surface area contributed by atoms with Gasteiger partial charge in [0.1, 0.15) is 5.82 Å². The number of carbonyl (C=O) groups is 1. The van der Waals surface area contributed by atoms with E-state index in [0.29, 0.717) is 0 Å². The van der Waals surface area contributed by atoms with E-state index in [2.05, 4.69) is 31.3 Å². The Morgan fingerprint density at radius 1 is 1.26 bits per heavy atom. The maximum atomic E-state index is 12.5. The van der Waals surface area contributed by atoms with Gasteiger partial charge in [-0.05, 0) is 31.0 Å². The molecular formula is C18H23N3OS. The lowest BCUT2D eigenvalue weighted by Crippen LogP contribution is -2.29. The SMILES string of the molecule is Cc1cccc(-n2nc3c(c2NC(=O)C(C)(C)C)CSC3)c1C. The summed E-state index contributed by atoms with van der Waals surface area (Å²) in [6.45, 7) is 9.97. The number of anilines is 1. The van der Waals surface area contributed by atoms with Gasteiger partial charge in [-0.25, -0.2) is 4.68 Å². The molecule has 3 rings (SSSR count). The number of benzene rings is 1. The summed E-state index contributed by atoms with van der Waals surface area (Å²) in [5.74, 6) is 2.66. The maximum absolute atomic E-state index is 12.5. The lowest BCUT2D eigenvalue weighted by Gasteiger charge is -2.20. The number of thioether (sulfide) groups is 1. The van der Waals surface area contributed by atoms with E-state index in [9.17, 15) is 4.79 Å². The standard InChI is InChI=1S/C18H23N3OS/c1-11-7-6-8-15(12(11)2)21-16(19-17(22)18(3,4)5)13-9-23-10-14(13)20-21/h6-8H,9-10H2,1-5H3,(H,19,22). The zero-order chi connectivity index (χ0) is 16.8. The molecule has 1 aromatic carbocycles. The molecule has 122 valence electrons. The summed E-state index contributed by atoms with van der Waals surface area (Å²) in [5, 5.41) is 7.90. The van der Waals surface area contributed by atoms with Crippen molar-refractivity contribution in [2.45, 2.75) is 46.1 Å². The fourth-order valence-electron chi connectivity index (χ4n) is 2.58. The van der Waals surface area contributed by atoms with E-state index < -0.39 is 5.41 Å². The van der Waals surface area contributed by atoms with Gasteiger partial charge in [0.05, 0.1) is 11.4 Å². The number of amides is 1. The van der Waals surface area contributed by atoms with Crippen molar-refractivity contribution < 1.29 is 4.79 Å². The molecule has 1 aromatic heterocycles. The lowest BCUT2D eigenvalue weighted by molar-refractivity contribution is -0.123. The third-order valence-corrected chi connectivity index (χ3v) is 5.24. The Hall–Kier alpha value is -1.75. The van der Waals surface area contributed by atoms with Crippen molar-refractivity contribution in [1.29, 1.82) is 0 Å². The van der Waals surface area contributed by atoms with Crippen LogP contribution in [0.25, 0.3) is 5.69 Å². The van der Waals surface area contributed by atoms with Crippen LogP contribution < -0.4 is 5.32 Å². The number of aromatic nitrogens is 2. The van der Waals surface area contributed by atoms with Crippen LogP contribution in [0, 0.1) is 19.3 Å². The van der Waals surface area contributed by atoms with E-state index in [0.717, 1.165) is 34.3 Å². The fourth-order valence-corrected chi connectivity index (χ4v) is 3.61. The highest BCUT2D eigenvalue weighted by Gasteiger charge is 2.28. The second-order valence-electron chi connectivity index (χ2n) is 7.10. The molecule has 0 spiro atoms. The third kappa shape index (κ3) is 2.90. The molecule has 0 bridgehead atoms. The average molecular weight is 329 g/mol. The van der Waals surface area contributed by atoms with Crippen molar-refractivity contribution in [1.82, 2.24) is 9.78 Å². The summed E-state index contributed by atoms with van der Waals surface area (Å²) in [6, 6.07) is 6.19. The molecule has 0 saturated heterocycles. The number of fused-ring (bicyclic) bond motifs is 1. The van der Waals surface area contributed by atoms with Gasteiger partial charge in [-0.1, -0.05) is 32.9 Å². The number of aryl methyl sites for hydroxylation is 1. The highest BCUT2D eigenvalue weighted by atomic mass is 32.2. The number of carbonyl (C=O) groups excluding carboxylic acids is 1. The predicted octanol–water partition coefficient (Wildman–Crippen LogP) is 4.22. The van der Waals surface area contributed by atoms with E-state index >= 15 is 0 Å². The number of nitrogens with one attached hydrogen (secondary N) is 1. The molecule has 0 unspecified atom stereocenters. The first-order valence-electron chi connectivity index (χ1n) is 7.85. The Kier molecular flexibility index (Phi) is 4.00. The van der Waals surface area contributed by atoms with Crippen LogP contribution >= 0.6 is 11.8 Å². The molecule has 1 N–H and O–H groups in total. The van der Waals surface area contributed by atoms with Crippen LogP contribution in [0.15, 0.2) is 18.2 Å². The molecule has 0 atom stereocenters. The Morgan fingerprint density at radius 2 is 2.00 bits per heavy atom.